The predicted molar refractivity (Wildman–Crippen MR) is 88.7 cm³/mol. The number of rotatable bonds is 3. The molecule has 1 heterocycles. The molecule has 0 unspecified atom stereocenters. The highest BCUT2D eigenvalue weighted by molar-refractivity contribution is 6.35. The van der Waals surface area contributed by atoms with Gasteiger partial charge in [-0.25, -0.2) is 4.39 Å². The van der Waals surface area contributed by atoms with Gasteiger partial charge in [-0.05, 0) is 41.7 Å². The van der Waals surface area contributed by atoms with Crippen LogP contribution in [0.2, 0.25) is 0 Å². The molecule has 0 aliphatic carbocycles. The van der Waals surface area contributed by atoms with Gasteiger partial charge in [-0.1, -0.05) is 36.4 Å². The summed E-state index contributed by atoms with van der Waals surface area (Å²) in [6, 6.07) is 14.1. The van der Waals surface area contributed by atoms with Crippen LogP contribution in [0.4, 0.5) is 4.39 Å². The van der Waals surface area contributed by atoms with Crippen LogP contribution in [-0.2, 0) is 29.0 Å². The Morgan fingerprint density at radius 2 is 1.75 bits per heavy atom. The maximum Gasteiger partial charge on any atom is 0.312 e. The summed E-state index contributed by atoms with van der Waals surface area (Å²) >= 11 is 0. The number of hydrogen-bond acceptors (Lipinski definition) is 2. The van der Waals surface area contributed by atoms with Crippen molar-refractivity contribution in [3.8, 4) is 0 Å². The molecule has 0 saturated heterocycles. The van der Waals surface area contributed by atoms with Crippen molar-refractivity contribution in [2.75, 3.05) is 13.1 Å². The maximum absolute atomic E-state index is 12.8. The summed E-state index contributed by atoms with van der Waals surface area (Å²) in [5, 5.41) is 2.64. The van der Waals surface area contributed by atoms with Crippen LogP contribution in [0.1, 0.15) is 16.7 Å². The molecule has 2 aromatic carbocycles. The van der Waals surface area contributed by atoms with E-state index >= 15 is 0 Å². The largest absolute Gasteiger partial charge is 0.347 e. The number of nitrogens with zero attached hydrogens (tertiary/aromatic N) is 1. The van der Waals surface area contributed by atoms with E-state index in [-0.39, 0.29) is 5.82 Å². The molecule has 1 aliphatic rings. The highest BCUT2D eigenvalue weighted by Crippen LogP contribution is 2.18. The second-order valence-electron chi connectivity index (χ2n) is 5.88. The molecular weight excluding hydrogens is 307 g/mol. The zero-order valence-electron chi connectivity index (χ0n) is 13.3. The summed E-state index contributed by atoms with van der Waals surface area (Å²) < 4.78 is 12.8. The second kappa shape index (κ2) is 7.25. The minimum absolute atomic E-state index is 0.289. The van der Waals surface area contributed by atoms with Gasteiger partial charge < -0.3 is 10.2 Å². The maximum atomic E-state index is 12.8. The van der Waals surface area contributed by atoms with E-state index in [1.54, 1.807) is 17.0 Å². The number of fused-ring (bicyclic) bond motifs is 1. The lowest BCUT2D eigenvalue weighted by Gasteiger charge is -2.28. The number of hydrogen-bond donors (Lipinski definition) is 1. The predicted octanol–water partition coefficient (Wildman–Crippen LogP) is 2.07. The van der Waals surface area contributed by atoms with Crippen LogP contribution < -0.4 is 5.32 Å². The van der Waals surface area contributed by atoms with E-state index in [0.717, 1.165) is 17.5 Å². The molecule has 4 nitrogen and oxygen atoms in total. The molecule has 0 spiro atoms. The Morgan fingerprint density at radius 3 is 2.50 bits per heavy atom. The Balaban J connectivity index is 1.50. The van der Waals surface area contributed by atoms with Gasteiger partial charge in [0.1, 0.15) is 5.82 Å². The van der Waals surface area contributed by atoms with Gasteiger partial charge in [0.2, 0.25) is 0 Å². The highest BCUT2D eigenvalue weighted by Gasteiger charge is 2.25. The van der Waals surface area contributed by atoms with Crippen LogP contribution in [0.3, 0.4) is 0 Å². The second-order valence-corrected chi connectivity index (χ2v) is 5.88. The molecule has 0 bridgehead atoms. The number of carbonyl (C=O) groups excluding carboxylic acids is 2. The lowest BCUT2D eigenvalue weighted by atomic mass is 10.00. The fourth-order valence-electron chi connectivity index (χ4n) is 2.86. The number of nitrogens with one attached hydrogen (secondary N) is 1. The quantitative estimate of drug-likeness (QED) is 0.878. The number of benzene rings is 2. The molecule has 24 heavy (non-hydrogen) atoms. The lowest BCUT2D eigenvalue weighted by molar-refractivity contribution is -0.146. The van der Waals surface area contributed by atoms with E-state index in [2.05, 4.69) is 11.4 Å². The van der Waals surface area contributed by atoms with Gasteiger partial charge >= 0.3 is 11.8 Å². The van der Waals surface area contributed by atoms with Crippen molar-refractivity contribution >= 4 is 11.8 Å². The van der Waals surface area contributed by atoms with Crippen LogP contribution in [0.15, 0.2) is 48.5 Å². The van der Waals surface area contributed by atoms with E-state index in [1.807, 2.05) is 18.2 Å². The number of carbonyl (C=O) groups is 2. The van der Waals surface area contributed by atoms with Gasteiger partial charge in [0, 0.05) is 19.6 Å². The van der Waals surface area contributed by atoms with E-state index in [0.29, 0.717) is 26.1 Å². The standard InChI is InChI=1S/C19H19FN2O2/c20-17-7-5-14(6-8-17)9-11-21-18(23)19(24)22-12-10-15-3-1-2-4-16(15)13-22/h1-8H,9-13H2,(H,21,23). The van der Waals surface area contributed by atoms with E-state index < -0.39 is 11.8 Å². The van der Waals surface area contributed by atoms with E-state index in [9.17, 15) is 14.0 Å². The van der Waals surface area contributed by atoms with Crippen LogP contribution >= 0.6 is 0 Å². The minimum Gasteiger partial charge on any atom is -0.347 e. The van der Waals surface area contributed by atoms with Crippen molar-refractivity contribution in [3.63, 3.8) is 0 Å². The Hall–Kier alpha value is -2.69. The molecule has 0 radical (unpaired) electrons. The van der Waals surface area contributed by atoms with Gasteiger partial charge in [0.05, 0.1) is 0 Å². The third-order valence-electron chi connectivity index (χ3n) is 4.22. The molecule has 2 amide bonds. The summed E-state index contributed by atoms with van der Waals surface area (Å²) in [6.07, 6.45) is 1.33. The van der Waals surface area contributed by atoms with Crippen molar-refractivity contribution in [3.05, 3.63) is 71.0 Å². The van der Waals surface area contributed by atoms with Crippen molar-refractivity contribution in [1.29, 1.82) is 0 Å². The summed E-state index contributed by atoms with van der Waals surface area (Å²) in [5.41, 5.74) is 3.24. The van der Waals surface area contributed by atoms with Crippen LogP contribution in [-0.4, -0.2) is 29.8 Å². The average molecular weight is 326 g/mol. The SMILES string of the molecule is O=C(NCCc1ccc(F)cc1)C(=O)N1CCc2ccccc2C1. The van der Waals surface area contributed by atoms with Crippen molar-refractivity contribution in [2.24, 2.45) is 0 Å². The topological polar surface area (TPSA) is 49.4 Å². The van der Waals surface area contributed by atoms with Gasteiger partial charge in [-0.15, -0.1) is 0 Å². The fraction of sp³-hybridized carbons (Fsp3) is 0.263. The first-order valence-corrected chi connectivity index (χ1v) is 8.02. The van der Waals surface area contributed by atoms with Gasteiger partial charge in [-0.3, -0.25) is 9.59 Å². The Kier molecular flexibility index (Phi) is 4.89. The summed E-state index contributed by atoms with van der Waals surface area (Å²) in [7, 11) is 0. The molecule has 3 rings (SSSR count). The van der Waals surface area contributed by atoms with Crippen LogP contribution in [0.5, 0.6) is 0 Å². The minimum atomic E-state index is -0.587. The summed E-state index contributed by atoms with van der Waals surface area (Å²) in [5.74, 6) is -1.37. The number of halogens is 1. The monoisotopic (exact) mass is 326 g/mol. The molecule has 124 valence electrons. The van der Waals surface area contributed by atoms with Crippen molar-refractivity contribution in [2.45, 2.75) is 19.4 Å². The average Bonchev–Trinajstić information content (AvgIpc) is 2.62. The molecule has 2 aromatic rings. The van der Waals surface area contributed by atoms with Crippen LogP contribution in [0.25, 0.3) is 0 Å². The Labute approximate surface area is 140 Å². The van der Waals surface area contributed by atoms with E-state index in [4.69, 9.17) is 0 Å². The molecule has 1 N–H and O–H groups in total. The zero-order chi connectivity index (χ0) is 16.9. The summed E-state index contributed by atoms with van der Waals surface area (Å²) in [6.45, 7) is 1.38. The molecule has 0 saturated carbocycles. The zero-order valence-corrected chi connectivity index (χ0v) is 13.3. The third-order valence-corrected chi connectivity index (χ3v) is 4.22. The Bertz CT molecular complexity index is 743. The number of amides is 2. The lowest BCUT2D eigenvalue weighted by Crippen LogP contribution is -2.45. The van der Waals surface area contributed by atoms with Crippen molar-refractivity contribution in [1.82, 2.24) is 10.2 Å². The Morgan fingerprint density at radius 1 is 1.04 bits per heavy atom. The molecule has 0 atom stereocenters. The molecule has 0 fully saturated rings. The highest BCUT2D eigenvalue weighted by atomic mass is 19.1. The molecule has 0 aromatic heterocycles. The fourth-order valence-corrected chi connectivity index (χ4v) is 2.86. The van der Waals surface area contributed by atoms with E-state index in [1.165, 1.54) is 17.7 Å². The summed E-state index contributed by atoms with van der Waals surface area (Å²) in [4.78, 5) is 25.9. The van der Waals surface area contributed by atoms with Gasteiger partial charge in [0.25, 0.3) is 0 Å². The smallest absolute Gasteiger partial charge is 0.312 e. The van der Waals surface area contributed by atoms with Gasteiger partial charge in [0.15, 0.2) is 0 Å². The van der Waals surface area contributed by atoms with Gasteiger partial charge in [-0.2, -0.15) is 0 Å². The first kappa shape index (κ1) is 16.2. The molecule has 1 aliphatic heterocycles. The van der Waals surface area contributed by atoms with Crippen LogP contribution in [0, 0.1) is 5.82 Å². The molecule has 5 heteroatoms. The first-order valence-electron chi connectivity index (χ1n) is 8.02. The first-order chi connectivity index (χ1) is 11.6. The van der Waals surface area contributed by atoms with Crippen molar-refractivity contribution < 1.29 is 14.0 Å². The third kappa shape index (κ3) is 3.79. The molecular formula is C19H19FN2O2. The normalized spacial score (nSPS) is 13.3.